The maximum absolute atomic E-state index is 12.4. The highest BCUT2D eigenvalue weighted by Crippen LogP contribution is 2.18. The van der Waals surface area contributed by atoms with Gasteiger partial charge in [-0.05, 0) is 26.3 Å². The molecule has 1 rings (SSSR count). The molecule has 6 nitrogen and oxygen atoms in total. The van der Waals surface area contributed by atoms with E-state index in [-0.39, 0.29) is 18.0 Å². The Morgan fingerprint density at radius 1 is 1.36 bits per heavy atom. The van der Waals surface area contributed by atoms with E-state index in [1.807, 2.05) is 6.92 Å². The second-order valence-corrected chi connectivity index (χ2v) is 6.06. The van der Waals surface area contributed by atoms with E-state index >= 15 is 0 Å². The summed E-state index contributed by atoms with van der Waals surface area (Å²) >= 11 is 0. The molecular formula is C16H24N2O4. The summed E-state index contributed by atoms with van der Waals surface area (Å²) in [6.07, 6.45) is 3.61. The summed E-state index contributed by atoms with van der Waals surface area (Å²) in [5, 5.41) is 11.8. The number of carbonyl (C=O) groups excluding carboxylic acids is 1. The lowest BCUT2D eigenvalue weighted by atomic mass is 9.91. The number of hydrogen-bond donors (Lipinski definition) is 2. The van der Waals surface area contributed by atoms with Crippen LogP contribution in [0.2, 0.25) is 0 Å². The van der Waals surface area contributed by atoms with Gasteiger partial charge in [0.1, 0.15) is 6.04 Å². The van der Waals surface area contributed by atoms with Gasteiger partial charge in [0.05, 0.1) is 5.41 Å². The molecule has 0 saturated carbocycles. The van der Waals surface area contributed by atoms with Gasteiger partial charge >= 0.3 is 5.97 Å². The zero-order chi connectivity index (χ0) is 16.8. The van der Waals surface area contributed by atoms with Crippen molar-refractivity contribution < 1.29 is 14.7 Å². The summed E-state index contributed by atoms with van der Waals surface area (Å²) < 4.78 is 1.45. The Hall–Kier alpha value is -2.11. The van der Waals surface area contributed by atoms with Crippen molar-refractivity contribution in [2.45, 2.75) is 52.6 Å². The van der Waals surface area contributed by atoms with E-state index < -0.39 is 17.4 Å². The molecule has 2 N–H and O–H groups in total. The van der Waals surface area contributed by atoms with Crippen molar-refractivity contribution in [2.75, 3.05) is 0 Å². The third-order valence-electron chi connectivity index (χ3n) is 3.53. The van der Waals surface area contributed by atoms with E-state index in [1.54, 1.807) is 32.2 Å². The number of nitrogens with zero attached hydrogens (tertiary/aromatic N) is 1. The Kier molecular flexibility index (Phi) is 6.34. The molecular weight excluding hydrogens is 284 g/mol. The number of carboxylic acid groups (broad SMARTS) is 1. The van der Waals surface area contributed by atoms with Crippen molar-refractivity contribution in [1.82, 2.24) is 9.88 Å². The number of unbranched alkanes of at least 4 members (excludes halogenated alkanes) is 1. The average Bonchev–Trinajstić information content (AvgIpc) is 2.45. The molecule has 0 bridgehead atoms. The quantitative estimate of drug-likeness (QED) is 0.764. The molecule has 0 aliphatic carbocycles. The first kappa shape index (κ1) is 17.9. The largest absolute Gasteiger partial charge is 0.480 e. The minimum atomic E-state index is -1.03. The fourth-order valence-electron chi connectivity index (χ4n) is 2.11. The minimum Gasteiger partial charge on any atom is -0.480 e. The Labute approximate surface area is 130 Å². The van der Waals surface area contributed by atoms with Crippen LogP contribution in [0.25, 0.3) is 0 Å². The van der Waals surface area contributed by atoms with Gasteiger partial charge < -0.3 is 15.0 Å². The van der Waals surface area contributed by atoms with E-state index in [0.717, 1.165) is 12.8 Å². The molecule has 122 valence electrons. The highest BCUT2D eigenvalue weighted by molar-refractivity contribution is 5.86. The zero-order valence-electron chi connectivity index (χ0n) is 13.3. The maximum atomic E-state index is 12.4. The number of aromatic nitrogens is 1. The molecule has 1 aromatic rings. The molecule has 0 radical (unpaired) electrons. The van der Waals surface area contributed by atoms with Crippen LogP contribution in [0.4, 0.5) is 0 Å². The van der Waals surface area contributed by atoms with Gasteiger partial charge in [0.2, 0.25) is 5.91 Å². The predicted octanol–water partition coefficient (Wildman–Crippen LogP) is 1.63. The van der Waals surface area contributed by atoms with Crippen LogP contribution in [-0.2, 0) is 16.1 Å². The molecule has 0 spiro atoms. The lowest BCUT2D eigenvalue weighted by molar-refractivity contribution is -0.143. The highest BCUT2D eigenvalue weighted by Gasteiger charge is 2.31. The van der Waals surface area contributed by atoms with Crippen LogP contribution < -0.4 is 10.9 Å². The topological polar surface area (TPSA) is 88.4 Å². The number of pyridine rings is 1. The Morgan fingerprint density at radius 2 is 2.05 bits per heavy atom. The molecule has 22 heavy (non-hydrogen) atoms. The van der Waals surface area contributed by atoms with Gasteiger partial charge in [-0.3, -0.25) is 9.59 Å². The van der Waals surface area contributed by atoms with Crippen molar-refractivity contribution in [3.8, 4) is 0 Å². The van der Waals surface area contributed by atoms with E-state index in [1.165, 1.54) is 10.6 Å². The van der Waals surface area contributed by atoms with Gasteiger partial charge in [-0.1, -0.05) is 25.8 Å². The molecule has 0 aromatic carbocycles. The molecule has 1 atom stereocenters. The first-order valence-corrected chi connectivity index (χ1v) is 7.47. The number of carbonyl (C=O) groups is 2. The van der Waals surface area contributed by atoms with Crippen molar-refractivity contribution in [2.24, 2.45) is 5.41 Å². The Balaban J connectivity index is 2.78. The smallest absolute Gasteiger partial charge is 0.326 e. The number of carboxylic acids is 1. The summed E-state index contributed by atoms with van der Waals surface area (Å²) in [4.78, 5) is 35.3. The van der Waals surface area contributed by atoms with Crippen molar-refractivity contribution in [3.63, 3.8) is 0 Å². The van der Waals surface area contributed by atoms with Gasteiger partial charge in [-0.2, -0.15) is 0 Å². The molecule has 1 heterocycles. The van der Waals surface area contributed by atoms with Gasteiger partial charge in [-0.25, -0.2) is 4.79 Å². The summed E-state index contributed by atoms with van der Waals surface area (Å²) in [5.74, 6) is -1.40. The molecule has 0 saturated heterocycles. The zero-order valence-corrected chi connectivity index (χ0v) is 13.3. The van der Waals surface area contributed by atoms with Crippen LogP contribution in [-0.4, -0.2) is 27.6 Å². The van der Waals surface area contributed by atoms with Crippen molar-refractivity contribution in [1.29, 1.82) is 0 Å². The van der Waals surface area contributed by atoms with E-state index in [4.69, 9.17) is 0 Å². The normalized spacial score (nSPS) is 12.7. The molecule has 6 heteroatoms. The molecule has 0 aliphatic heterocycles. The number of hydrogen-bond acceptors (Lipinski definition) is 3. The fourth-order valence-corrected chi connectivity index (χ4v) is 2.11. The minimum absolute atomic E-state index is 0.191. The van der Waals surface area contributed by atoms with E-state index in [0.29, 0.717) is 6.42 Å². The van der Waals surface area contributed by atoms with Crippen molar-refractivity contribution in [3.05, 3.63) is 34.7 Å². The second kappa shape index (κ2) is 7.77. The molecule has 0 aliphatic rings. The average molecular weight is 308 g/mol. The van der Waals surface area contributed by atoms with Crippen LogP contribution in [0.5, 0.6) is 0 Å². The molecule has 1 aromatic heterocycles. The second-order valence-electron chi connectivity index (χ2n) is 6.06. The monoisotopic (exact) mass is 308 g/mol. The van der Waals surface area contributed by atoms with E-state index in [2.05, 4.69) is 5.32 Å². The van der Waals surface area contributed by atoms with Gasteiger partial charge in [0.15, 0.2) is 0 Å². The SMILES string of the molecule is CCCCC(NC(=O)C(C)(C)Cn1ccccc1=O)C(=O)O. The maximum Gasteiger partial charge on any atom is 0.326 e. The molecule has 1 unspecified atom stereocenters. The highest BCUT2D eigenvalue weighted by atomic mass is 16.4. The number of nitrogens with one attached hydrogen (secondary N) is 1. The third kappa shape index (κ3) is 5.02. The van der Waals surface area contributed by atoms with Gasteiger partial charge in [0.25, 0.3) is 5.56 Å². The summed E-state index contributed by atoms with van der Waals surface area (Å²) in [7, 11) is 0. The van der Waals surface area contributed by atoms with Crippen molar-refractivity contribution >= 4 is 11.9 Å². The van der Waals surface area contributed by atoms with E-state index in [9.17, 15) is 19.5 Å². The third-order valence-corrected chi connectivity index (χ3v) is 3.53. The van der Waals surface area contributed by atoms with Crippen LogP contribution in [0.15, 0.2) is 29.2 Å². The Morgan fingerprint density at radius 3 is 2.59 bits per heavy atom. The van der Waals surface area contributed by atoms with Gasteiger partial charge in [0, 0.05) is 18.8 Å². The number of aliphatic carboxylic acids is 1. The first-order valence-electron chi connectivity index (χ1n) is 7.47. The van der Waals surface area contributed by atoms with Crippen LogP contribution in [0, 0.1) is 5.41 Å². The van der Waals surface area contributed by atoms with Gasteiger partial charge in [-0.15, -0.1) is 0 Å². The molecule has 1 amide bonds. The standard InChI is InChI=1S/C16H24N2O4/c1-4-5-8-12(14(20)21)17-15(22)16(2,3)11-18-10-7-6-9-13(18)19/h6-7,9-10,12H,4-5,8,11H2,1-3H3,(H,17,22)(H,20,21). The van der Waals surface area contributed by atoms with Crippen LogP contribution in [0.1, 0.15) is 40.0 Å². The lowest BCUT2D eigenvalue weighted by Gasteiger charge is -2.26. The Bertz CT molecular complexity index is 578. The summed E-state index contributed by atoms with van der Waals surface area (Å²) in [6.45, 7) is 5.55. The van der Waals surface area contributed by atoms with Crippen LogP contribution >= 0.6 is 0 Å². The first-order chi connectivity index (χ1) is 10.3. The predicted molar refractivity (Wildman–Crippen MR) is 83.6 cm³/mol. The number of amides is 1. The lowest BCUT2D eigenvalue weighted by Crippen LogP contribution is -2.48. The number of rotatable bonds is 8. The molecule has 0 fully saturated rings. The fraction of sp³-hybridized carbons (Fsp3) is 0.562. The summed E-state index contributed by atoms with van der Waals surface area (Å²) in [6, 6.07) is 3.89. The summed E-state index contributed by atoms with van der Waals surface area (Å²) in [5.41, 5.74) is -1.07. The van der Waals surface area contributed by atoms with Crippen LogP contribution in [0.3, 0.4) is 0 Å².